The summed E-state index contributed by atoms with van der Waals surface area (Å²) in [6, 6.07) is 0.810. The Balaban J connectivity index is 1.72. The molecule has 106 valence electrons. The van der Waals surface area contributed by atoms with Gasteiger partial charge < -0.3 is 5.32 Å². The lowest BCUT2D eigenvalue weighted by Crippen LogP contribution is -2.34. The second-order valence-electron chi connectivity index (χ2n) is 6.73. The number of nitrogens with one attached hydrogen (secondary N) is 1. The zero-order valence-corrected chi connectivity index (χ0v) is 12.4. The van der Waals surface area contributed by atoms with Crippen molar-refractivity contribution in [3.05, 3.63) is 0 Å². The molecule has 0 aromatic rings. The van der Waals surface area contributed by atoms with E-state index in [0.717, 1.165) is 17.9 Å². The van der Waals surface area contributed by atoms with Gasteiger partial charge in [-0.3, -0.25) is 0 Å². The standard InChI is InChI=1S/C17H33N/c1-18-17(16-11-7-2-3-8-12-16)14-13-15-9-5-4-6-10-15/h15-18H,2-14H2,1H3. The summed E-state index contributed by atoms with van der Waals surface area (Å²) in [7, 11) is 2.19. The van der Waals surface area contributed by atoms with Crippen LogP contribution < -0.4 is 5.32 Å². The normalized spacial score (nSPS) is 25.8. The molecular weight excluding hydrogens is 218 g/mol. The first-order valence-electron chi connectivity index (χ1n) is 8.57. The van der Waals surface area contributed by atoms with Crippen LogP contribution in [0.2, 0.25) is 0 Å². The van der Waals surface area contributed by atoms with Crippen LogP contribution in [0.4, 0.5) is 0 Å². The third-order valence-electron chi connectivity index (χ3n) is 5.45. The van der Waals surface area contributed by atoms with Gasteiger partial charge in [0.25, 0.3) is 0 Å². The average molecular weight is 251 g/mol. The minimum atomic E-state index is 0.810. The topological polar surface area (TPSA) is 12.0 Å². The van der Waals surface area contributed by atoms with E-state index < -0.39 is 0 Å². The predicted octanol–water partition coefficient (Wildman–Crippen LogP) is 4.91. The largest absolute Gasteiger partial charge is 0.317 e. The van der Waals surface area contributed by atoms with E-state index in [9.17, 15) is 0 Å². The molecule has 0 aromatic carbocycles. The molecule has 0 amide bonds. The molecule has 2 saturated carbocycles. The molecule has 18 heavy (non-hydrogen) atoms. The zero-order valence-electron chi connectivity index (χ0n) is 12.4. The summed E-state index contributed by atoms with van der Waals surface area (Å²) in [5, 5.41) is 3.64. The van der Waals surface area contributed by atoms with Crippen molar-refractivity contribution in [1.82, 2.24) is 5.32 Å². The van der Waals surface area contributed by atoms with Gasteiger partial charge in [-0.05, 0) is 44.6 Å². The van der Waals surface area contributed by atoms with Crippen molar-refractivity contribution >= 4 is 0 Å². The van der Waals surface area contributed by atoms with Crippen molar-refractivity contribution in [3.63, 3.8) is 0 Å². The van der Waals surface area contributed by atoms with Gasteiger partial charge in [-0.1, -0.05) is 57.8 Å². The molecule has 0 radical (unpaired) electrons. The lowest BCUT2D eigenvalue weighted by atomic mass is 9.82. The van der Waals surface area contributed by atoms with Crippen LogP contribution in [-0.2, 0) is 0 Å². The van der Waals surface area contributed by atoms with Gasteiger partial charge in [-0.2, -0.15) is 0 Å². The molecule has 1 unspecified atom stereocenters. The Labute approximate surface area is 114 Å². The summed E-state index contributed by atoms with van der Waals surface area (Å²) in [6.07, 6.45) is 19.3. The summed E-state index contributed by atoms with van der Waals surface area (Å²) < 4.78 is 0. The van der Waals surface area contributed by atoms with Gasteiger partial charge in [0.05, 0.1) is 0 Å². The molecule has 0 spiro atoms. The van der Waals surface area contributed by atoms with E-state index in [1.165, 1.54) is 83.5 Å². The molecule has 2 aliphatic rings. The highest BCUT2D eigenvalue weighted by molar-refractivity contribution is 4.79. The summed E-state index contributed by atoms with van der Waals surface area (Å²) >= 11 is 0. The van der Waals surface area contributed by atoms with Crippen LogP contribution in [0, 0.1) is 11.8 Å². The van der Waals surface area contributed by atoms with Gasteiger partial charge in [0.15, 0.2) is 0 Å². The van der Waals surface area contributed by atoms with Crippen molar-refractivity contribution < 1.29 is 0 Å². The van der Waals surface area contributed by atoms with E-state index in [1.54, 1.807) is 0 Å². The van der Waals surface area contributed by atoms with Gasteiger partial charge in [0.2, 0.25) is 0 Å². The lowest BCUT2D eigenvalue weighted by molar-refractivity contribution is 0.269. The second kappa shape index (κ2) is 8.19. The van der Waals surface area contributed by atoms with Crippen molar-refractivity contribution in [2.45, 2.75) is 89.5 Å². The quantitative estimate of drug-likeness (QED) is 0.685. The number of hydrogen-bond acceptors (Lipinski definition) is 1. The van der Waals surface area contributed by atoms with Crippen LogP contribution >= 0.6 is 0 Å². The molecule has 1 heteroatoms. The van der Waals surface area contributed by atoms with Crippen molar-refractivity contribution in [2.24, 2.45) is 11.8 Å². The van der Waals surface area contributed by atoms with Gasteiger partial charge in [-0.25, -0.2) is 0 Å². The third kappa shape index (κ3) is 4.57. The van der Waals surface area contributed by atoms with Crippen LogP contribution in [0.1, 0.15) is 83.5 Å². The van der Waals surface area contributed by atoms with E-state index >= 15 is 0 Å². The maximum Gasteiger partial charge on any atom is 0.00924 e. The van der Waals surface area contributed by atoms with Crippen LogP contribution in [-0.4, -0.2) is 13.1 Å². The smallest absolute Gasteiger partial charge is 0.00924 e. The Bertz CT molecular complexity index is 200. The molecule has 0 heterocycles. The highest BCUT2D eigenvalue weighted by Crippen LogP contribution is 2.31. The highest BCUT2D eigenvalue weighted by atomic mass is 14.9. The Morgan fingerprint density at radius 3 is 2.00 bits per heavy atom. The SMILES string of the molecule is CNC(CCC1CCCCC1)C1CCCCCC1. The maximum absolute atomic E-state index is 3.64. The molecule has 2 aliphatic carbocycles. The minimum absolute atomic E-state index is 0.810. The first kappa shape index (κ1) is 14.4. The number of rotatable bonds is 5. The predicted molar refractivity (Wildman–Crippen MR) is 79.8 cm³/mol. The van der Waals surface area contributed by atoms with E-state index in [2.05, 4.69) is 12.4 Å². The molecule has 1 nitrogen and oxygen atoms in total. The maximum atomic E-state index is 3.64. The van der Waals surface area contributed by atoms with E-state index in [-0.39, 0.29) is 0 Å². The van der Waals surface area contributed by atoms with Crippen LogP contribution in [0.15, 0.2) is 0 Å². The third-order valence-corrected chi connectivity index (χ3v) is 5.45. The second-order valence-corrected chi connectivity index (χ2v) is 6.73. The van der Waals surface area contributed by atoms with E-state index in [0.29, 0.717) is 0 Å². The van der Waals surface area contributed by atoms with E-state index in [4.69, 9.17) is 0 Å². The fraction of sp³-hybridized carbons (Fsp3) is 1.00. The van der Waals surface area contributed by atoms with Crippen LogP contribution in [0.3, 0.4) is 0 Å². The molecule has 0 aliphatic heterocycles. The fourth-order valence-electron chi connectivity index (χ4n) is 4.22. The summed E-state index contributed by atoms with van der Waals surface area (Å²) in [4.78, 5) is 0. The zero-order chi connectivity index (χ0) is 12.6. The van der Waals surface area contributed by atoms with Crippen LogP contribution in [0.25, 0.3) is 0 Å². The summed E-state index contributed by atoms with van der Waals surface area (Å²) in [5.74, 6) is 2.03. The van der Waals surface area contributed by atoms with Crippen molar-refractivity contribution in [3.8, 4) is 0 Å². The van der Waals surface area contributed by atoms with Crippen LogP contribution in [0.5, 0.6) is 0 Å². The molecule has 0 saturated heterocycles. The minimum Gasteiger partial charge on any atom is -0.317 e. The molecule has 1 atom stereocenters. The van der Waals surface area contributed by atoms with Crippen molar-refractivity contribution in [2.75, 3.05) is 7.05 Å². The fourth-order valence-corrected chi connectivity index (χ4v) is 4.22. The molecular formula is C17H33N. The average Bonchev–Trinajstić information content (AvgIpc) is 2.70. The highest BCUT2D eigenvalue weighted by Gasteiger charge is 2.22. The molecule has 1 N–H and O–H groups in total. The molecule has 0 bridgehead atoms. The van der Waals surface area contributed by atoms with Gasteiger partial charge >= 0.3 is 0 Å². The van der Waals surface area contributed by atoms with E-state index in [1.807, 2.05) is 0 Å². The Morgan fingerprint density at radius 1 is 0.833 bits per heavy atom. The van der Waals surface area contributed by atoms with Gasteiger partial charge in [-0.15, -0.1) is 0 Å². The first-order valence-corrected chi connectivity index (χ1v) is 8.57. The Hall–Kier alpha value is -0.0400. The lowest BCUT2D eigenvalue weighted by Gasteiger charge is -2.29. The van der Waals surface area contributed by atoms with Gasteiger partial charge in [0.1, 0.15) is 0 Å². The summed E-state index contributed by atoms with van der Waals surface area (Å²) in [5.41, 5.74) is 0. The molecule has 2 rings (SSSR count). The first-order chi connectivity index (χ1) is 8.90. The number of hydrogen-bond donors (Lipinski definition) is 1. The molecule has 0 aromatic heterocycles. The Morgan fingerprint density at radius 2 is 1.39 bits per heavy atom. The van der Waals surface area contributed by atoms with Gasteiger partial charge in [0, 0.05) is 6.04 Å². The van der Waals surface area contributed by atoms with Crippen molar-refractivity contribution in [1.29, 1.82) is 0 Å². The monoisotopic (exact) mass is 251 g/mol. The molecule has 2 fully saturated rings. The Kier molecular flexibility index (Phi) is 6.54. The summed E-state index contributed by atoms with van der Waals surface area (Å²) in [6.45, 7) is 0.